The van der Waals surface area contributed by atoms with Crippen molar-refractivity contribution in [2.24, 2.45) is 10.8 Å². The van der Waals surface area contributed by atoms with Gasteiger partial charge in [-0.1, -0.05) is 128 Å². The van der Waals surface area contributed by atoms with E-state index >= 15 is 0 Å². The Hall–Kier alpha value is -3.92. The van der Waals surface area contributed by atoms with Gasteiger partial charge in [0.2, 0.25) is 0 Å². The van der Waals surface area contributed by atoms with Gasteiger partial charge in [-0.25, -0.2) is 0 Å². The number of aryl methyl sites for hydroxylation is 2. The fraction of sp³-hybridized carbons (Fsp3) is 0.326. The Labute approximate surface area is 300 Å². The molecule has 1 aliphatic carbocycles. The molecule has 4 nitrogen and oxygen atoms in total. The van der Waals surface area contributed by atoms with Crippen LogP contribution < -0.4 is 0 Å². The monoisotopic (exact) mass is 816 g/mol. The summed E-state index contributed by atoms with van der Waals surface area (Å²) >= 11 is 0. The molecule has 3 aromatic carbocycles. The molecular weight excluding hydrogens is 769 g/mol. The molecule has 0 fully saturated rings. The Morgan fingerprint density at radius 1 is 0.750 bits per heavy atom. The Bertz CT molecular complexity index is 1960. The molecule has 2 aromatic heterocycles. The maximum absolute atomic E-state index is 11.5. The number of aliphatic hydroxyl groups is 1. The summed E-state index contributed by atoms with van der Waals surface area (Å²) in [6.45, 7) is 17.9. The average Bonchev–Trinajstić information content (AvgIpc) is 3.03. The van der Waals surface area contributed by atoms with Gasteiger partial charge in [0.15, 0.2) is 5.78 Å². The maximum Gasteiger partial charge on any atom is 0.164 e. The largest absolute Gasteiger partial charge is 0.512 e. The van der Waals surface area contributed by atoms with Crippen molar-refractivity contribution in [2.75, 3.05) is 0 Å². The third-order valence-corrected chi connectivity index (χ3v) is 8.61. The Morgan fingerprint density at radius 3 is 2.04 bits per heavy atom. The predicted octanol–water partition coefficient (Wildman–Crippen LogP) is 10.9. The number of hydrogen-bond acceptors (Lipinski definition) is 4. The minimum atomic E-state index is -0.417. The number of nitrogens with zero attached hydrogens (tertiary/aromatic N) is 2. The van der Waals surface area contributed by atoms with Crippen LogP contribution in [0.3, 0.4) is 0 Å². The molecule has 1 aliphatic rings. The second-order valence-electron chi connectivity index (χ2n) is 15.6. The molecule has 1 radical (unpaired) electrons. The van der Waals surface area contributed by atoms with E-state index in [9.17, 15) is 9.90 Å². The van der Waals surface area contributed by atoms with Gasteiger partial charge in [0.05, 0.1) is 5.69 Å². The van der Waals surface area contributed by atoms with E-state index in [-0.39, 0.29) is 42.5 Å². The van der Waals surface area contributed by atoms with Crippen LogP contribution in [-0.2, 0) is 43.2 Å². The Morgan fingerprint density at radius 2 is 1.40 bits per heavy atom. The molecule has 0 bridgehead atoms. The Kier molecular flexibility index (Phi) is 11.0. The van der Waals surface area contributed by atoms with Crippen LogP contribution in [0.1, 0.15) is 79.0 Å². The first-order chi connectivity index (χ1) is 22.0. The molecule has 0 amide bonds. The van der Waals surface area contributed by atoms with E-state index in [0.717, 1.165) is 35.2 Å². The second kappa shape index (κ2) is 14.3. The van der Waals surface area contributed by atoms with E-state index in [4.69, 9.17) is 9.97 Å². The zero-order valence-corrected chi connectivity index (χ0v) is 32.1. The molecule has 6 rings (SSSR count). The fourth-order valence-corrected chi connectivity index (χ4v) is 5.60. The first kappa shape index (κ1) is 36.9. The summed E-state index contributed by atoms with van der Waals surface area (Å²) in [6.07, 6.45) is 7.36. The first-order valence-corrected chi connectivity index (χ1v) is 16.5. The van der Waals surface area contributed by atoms with Gasteiger partial charge in [-0.2, -0.15) is 0 Å². The summed E-state index contributed by atoms with van der Waals surface area (Å²) in [5, 5.41) is 12.0. The molecule has 0 aliphatic heterocycles. The van der Waals surface area contributed by atoms with Gasteiger partial charge in [0, 0.05) is 60.7 Å². The van der Waals surface area contributed by atoms with Crippen molar-refractivity contribution in [3.05, 3.63) is 120 Å². The average molecular weight is 816 g/mol. The SMILES string of the molecule is CC(C)(C)C(=O)/C=C(\O)C(C)(C)C.CC(C)(C)c1cc(-c2cc3c(cn2)CCc2cc(-c4ccccc4)cnc2-3)[c-]c2ccccc12.[Ir]. The summed E-state index contributed by atoms with van der Waals surface area (Å²) in [5.41, 5.74) is 9.83. The van der Waals surface area contributed by atoms with Crippen molar-refractivity contribution in [1.29, 1.82) is 0 Å². The number of benzene rings is 3. The van der Waals surface area contributed by atoms with E-state index < -0.39 is 5.41 Å². The number of allylic oxidation sites excluding steroid dienone is 2. The summed E-state index contributed by atoms with van der Waals surface area (Å²) in [6, 6.07) is 29.5. The van der Waals surface area contributed by atoms with Crippen LogP contribution in [0.2, 0.25) is 0 Å². The molecule has 251 valence electrons. The van der Waals surface area contributed by atoms with Crippen LogP contribution in [0.25, 0.3) is 44.4 Å². The van der Waals surface area contributed by atoms with Crippen LogP contribution in [-0.4, -0.2) is 20.9 Å². The number of ketones is 1. The van der Waals surface area contributed by atoms with Gasteiger partial charge in [-0.3, -0.25) is 14.8 Å². The Balaban J connectivity index is 0.000000319. The van der Waals surface area contributed by atoms with Crippen molar-refractivity contribution >= 4 is 16.6 Å². The molecule has 5 heteroatoms. The third-order valence-electron chi connectivity index (χ3n) is 8.61. The van der Waals surface area contributed by atoms with Gasteiger partial charge < -0.3 is 5.11 Å². The van der Waals surface area contributed by atoms with Crippen LogP contribution in [0, 0.1) is 16.9 Å². The molecule has 0 saturated heterocycles. The molecule has 1 N–H and O–H groups in total. The van der Waals surface area contributed by atoms with E-state index in [0.29, 0.717) is 0 Å². The smallest absolute Gasteiger partial charge is 0.164 e. The molecule has 0 atom stereocenters. The van der Waals surface area contributed by atoms with Gasteiger partial charge in [-0.15, -0.1) is 29.1 Å². The number of pyridine rings is 2. The van der Waals surface area contributed by atoms with E-state index in [1.807, 2.05) is 53.9 Å². The number of rotatable bonds is 3. The van der Waals surface area contributed by atoms with Gasteiger partial charge >= 0.3 is 0 Å². The molecule has 0 saturated carbocycles. The van der Waals surface area contributed by atoms with Gasteiger partial charge in [0.25, 0.3) is 0 Å². The van der Waals surface area contributed by atoms with Crippen molar-refractivity contribution in [1.82, 2.24) is 9.97 Å². The maximum atomic E-state index is 11.5. The summed E-state index contributed by atoms with van der Waals surface area (Å²) < 4.78 is 0. The van der Waals surface area contributed by atoms with Crippen molar-refractivity contribution in [3.63, 3.8) is 0 Å². The number of aromatic nitrogens is 2. The van der Waals surface area contributed by atoms with Crippen molar-refractivity contribution in [3.8, 4) is 33.6 Å². The molecule has 48 heavy (non-hydrogen) atoms. The molecule has 5 aromatic rings. The minimum absolute atomic E-state index is 0. The van der Waals surface area contributed by atoms with Crippen LogP contribution in [0.15, 0.2) is 97.0 Å². The molecular formula is C43H47IrN2O2-. The number of hydrogen-bond donors (Lipinski definition) is 1. The summed E-state index contributed by atoms with van der Waals surface area (Å²) in [4.78, 5) is 21.3. The fourth-order valence-electron chi connectivity index (χ4n) is 5.60. The summed E-state index contributed by atoms with van der Waals surface area (Å²) in [5.74, 6) is 0.104. The van der Waals surface area contributed by atoms with Crippen LogP contribution >= 0.6 is 0 Å². The molecule has 0 spiro atoms. The molecule has 0 unspecified atom stereocenters. The zero-order chi connectivity index (χ0) is 34.1. The van der Waals surface area contributed by atoms with Crippen LogP contribution in [0.4, 0.5) is 0 Å². The van der Waals surface area contributed by atoms with E-state index in [1.165, 1.54) is 44.8 Å². The van der Waals surface area contributed by atoms with Gasteiger partial charge in [0.1, 0.15) is 5.76 Å². The van der Waals surface area contributed by atoms with Gasteiger partial charge in [-0.05, 0) is 46.6 Å². The van der Waals surface area contributed by atoms with Crippen LogP contribution in [0.5, 0.6) is 0 Å². The number of carbonyl (C=O) groups is 1. The number of aliphatic hydroxyl groups excluding tert-OH is 1. The minimum Gasteiger partial charge on any atom is -0.512 e. The predicted molar refractivity (Wildman–Crippen MR) is 195 cm³/mol. The second-order valence-corrected chi connectivity index (χ2v) is 15.6. The summed E-state index contributed by atoms with van der Waals surface area (Å²) in [7, 11) is 0. The normalized spacial score (nSPS) is 13.1. The topological polar surface area (TPSA) is 63.1 Å². The quantitative estimate of drug-likeness (QED) is 0.112. The van der Waals surface area contributed by atoms with E-state index in [1.54, 1.807) is 0 Å². The van der Waals surface area contributed by atoms with Crippen molar-refractivity contribution < 1.29 is 30.0 Å². The molecule has 2 heterocycles. The number of carbonyl (C=O) groups excluding carboxylic acids is 1. The zero-order valence-electron chi connectivity index (χ0n) is 29.7. The standard InChI is InChI=1S/C32H27N2.C11H20O2.Ir/c1-32(2,3)29-17-25(15-22-11-7-8-12-27(22)29)30-18-28-24(19-33-30)14-13-23-16-26(20-34-31(23)28)21-9-5-4-6-10-21;1-10(2,3)8(12)7-9(13)11(4,5)6;/h4-12,16-20H,13-14H2,1-3H3;7,12H,1-6H3;/q-1;;/b;8-7-;. The number of fused-ring (bicyclic) bond motifs is 4. The third kappa shape index (κ3) is 8.38. The van der Waals surface area contributed by atoms with Crippen molar-refractivity contribution in [2.45, 2.75) is 80.6 Å². The van der Waals surface area contributed by atoms with E-state index in [2.05, 4.69) is 99.6 Å². The first-order valence-electron chi connectivity index (χ1n) is 16.5.